The van der Waals surface area contributed by atoms with Gasteiger partial charge in [-0.05, 0) is 63.7 Å². The van der Waals surface area contributed by atoms with Gasteiger partial charge in [-0.2, -0.15) is 4.98 Å². The summed E-state index contributed by atoms with van der Waals surface area (Å²) < 4.78 is 12.1. The van der Waals surface area contributed by atoms with Crippen molar-refractivity contribution in [3.8, 4) is 5.88 Å². The van der Waals surface area contributed by atoms with Crippen molar-refractivity contribution in [3.63, 3.8) is 0 Å². The summed E-state index contributed by atoms with van der Waals surface area (Å²) in [5, 5.41) is 0. The first-order valence-electron chi connectivity index (χ1n) is 12.6. The highest BCUT2D eigenvalue weighted by Gasteiger charge is 2.28. The summed E-state index contributed by atoms with van der Waals surface area (Å²) in [6.07, 6.45) is 7.30. The van der Waals surface area contributed by atoms with E-state index in [1.165, 1.54) is 25.3 Å². The molecule has 0 unspecified atom stereocenters. The lowest BCUT2D eigenvalue weighted by Gasteiger charge is -2.28. The molecule has 0 aliphatic rings. The van der Waals surface area contributed by atoms with E-state index >= 15 is 0 Å². The Morgan fingerprint density at radius 2 is 1.80 bits per heavy atom. The molecule has 190 valence electrons. The van der Waals surface area contributed by atoms with Crippen LogP contribution in [0.4, 0.5) is 0 Å². The molecule has 1 heterocycles. The molecular weight excluding hydrogens is 436 g/mol. The van der Waals surface area contributed by atoms with E-state index in [1.807, 2.05) is 38.1 Å². The van der Waals surface area contributed by atoms with Crippen LogP contribution in [0.2, 0.25) is 0 Å². The summed E-state index contributed by atoms with van der Waals surface area (Å²) in [5.41, 5.74) is 1.38. The maximum absolute atomic E-state index is 12.3. The fraction of sp³-hybridized carbons (Fsp3) is 0.467. The second-order valence-corrected chi connectivity index (χ2v) is 10.0. The summed E-state index contributed by atoms with van der Waals surface area (Å²) >= 11 is 0. The molecule has 0 spiro atoms. The Morgan fingerprint density at radius 1 is 1.11 bits per heavy atom. The first-order chi connectivity index (χ1) is 16.5. The molecule has 1 aromatic carbocycles. The van der Waals surface area contributed by atoms with Gasteiger partial charge in [0.2, 0.25) is 5.88 Å². The lowest BCUT2D eigenvalue weighted by molar-refractivity contribution is 0.240. The quantitative estimate of drug-likeness (QED) is 0.173. The van der Waals surface area contributed by atoms with Crippen LogP contribution in [-0.4, -0.2) is 16.1 Å². The van der Waals surface area contributed by atoms with Crippen molar-refractivity contribution in [1.82, 2.24) is 9.97 Å². The van der Waals surface area contributed by atoms with Gasteiger partial charge in [0.1, 0.15) is 11.9 Å². The Bertz CT molecular complexity index is 1060. The molecule has 5 heteroatoms. The van der Waals surface area contributed by atoms with Crippen LogP contribution in [-0.2, 0) is 10.2 Å². The van der Waals surface area contributed by atoms with Crippen LogP contribution in [0.25, 0.3) is 5.76 Å². The molecule has 1 aromatic heterocycles. The molecule has 0 fully saturated rings. The number of allylic oxidation sites excluding steroid dienone is 2. The van der Waals surface area contributed by atoms with E-state index in [1.54, 1.807) is 0 Å². The van der Waals surface area contributed by atoms with Gasteiger partial charge in [0.25, 0.3) is 5.56 Å². The average Bonchev–Trinajstić information content (AvgIpc) is 2.81. The Hall–Kier alpha value is -3.08. The molecule has 1 atom stereocenters. The number of aromatic amines is 1. The fourth-order valence-corrected chi connectivity index (χ4v) is 3.90. The minimum atomic E-state index is -0.394. The van der Waals surface area contributed by atoms with Crippen molar-refractivity contribution in [1.29, 1.82) is 0 Å². The van der Waals surface area contributed by atoms with Crippen molar-refractivity contribution >= 4 is 5.76 Å². The Morgan fingerprint density at radius 3 is 2.43 bits per heavy atom. The molecule has 2 rings (SSSR count). The van der Waals surface area contributed by atoms with E-state index in [0.29, 0.717) is 5.76 Å². The van der Waals surface area contributed by atoms with E-state index < -0.39 is 5.41 Å². The highest BCUT2D eigenvalue weighted by atomic mass is 16.5. The summed E-state index contributed by atoms with van der Waals surface area (Å²) in [7, 11) is 0. The number of ether oxygens (including phenoxy) is 2. The zero-order valence-corrected chi connectivity index (χ0v) is 22.3. The molecule has 0 saturated heterocycles. The second kappa shape index (κ2) is 13.1. The zero-order valence-electron chi connectivity index (χ0n) is 22.3. The van der Waals surface area contributed by atoms with Gasteiger partial charge in [0, 0.05) is 5.41 Å². The molecule has 0 bridgehead atoms. The molecule has 0 radical (unpaired) electrons. The molecule has 1 N–H and O–H groups in total. The zero-order chi connectivity index (χ0) is 26.0. The van der Waals surface area contributed by atoms with Gasteiger partial charge in [-0.3, -0.25) is 4.79 Å². The lowest BCUT2D eigenvalue weighted by atomic mass is 9.82. The van der Waals surface area contributed by atoms with Gasteiger partial charge in [0.15, 0.2) is 11.6 Å². The summed E-state index contributed by atoms with van der Waals surface area (Å²) in [5.74, 6) is 2.17. The van der Waals surface area contributed by atoms with Gasteiger partial charge < -0.3 is 14.5 Å². The highest BCUT2D eigenvalue weighted by molar-refractivity contribution is 5.52. The first-order valence-corrected chi connectivity index (χ1v) is 12.6. The molecule has 35 heavy (non-hydrogen) atoms. The van der Waals surface area contributed by atoms with Crippen molar-refractivity contribution < 1.29 is 9.47 Å². The largest absolute Gasteiger partial charge is 0.470 e. The fourth-order valence-electron chi connectivity index (χ4n) is 3.90. The highest BCUT2D eigenvalue weighted by Crippen LogP contribution is 2.34. The standard InChI is InChI=1S/C30H42N2O3/c1-9-26(30(7,8)25-18-14-11-15-19-25)34-24(6)29-31-27(33)20-28(32-29)35-23(5)22(4)17-13-10-12-16-21(2)3/h9,11,14-15,18-21,23H,4,6,10,12-13,16-17H2,1-3,5,7-8H3,(H,31,32,33)/b26-9-/t23-/m0/s1. The van der Waals surface area contributed by atoms with Crippen LogP contribution in [0.3, 0.4) is 0 Å². The Labute approximate surface area is 211 Å². The maximum Gasteiger partial charge on any atom is 0.255 e. The molecule has 2 aromatic rings. The first kappa shape index (κ1) is 28.2. The van der Waals surface area contributed by atoms with Gasteiger partial charge >= 0.3 is 0 Å². The third kappa shape index (κ3) is 8.57. The number of H-pyrrole nitrogens is 1. The van der Waals surface area contributed by atoms with Crippen LogP contribution < -0.4 is 10.3 Å². The van der Waals surface area contributed by atoms with E-state index in [0.717, 1.165) is 29.9 Å². The van der Waals surface area contributed by atoms with E-state index in [4.69, 9.17) is 9.47 Å². The predicted octanol–water partition coefficient (Wildman–Crippen LogP) is 7.57. The second-order valence-electron chi connectivity index (χ2n) is 10.0. The number of benzene rings is 1. The minimum Gasteiger partial charge on any atom is -0.470 e. The third-order valence-corrected chi connectivity index (χ3v) is 6.24. The number of aromatic nitrogens is 2. The normalized spacial score (nSPS) is 12.9. The van der Waals surface area contributed by atoms with Crippen LogP contribution in [0.5, 0.6) is 5.88 Å². The van der Waals surface area contributed by atoms with Crippen LogP contribution in [0.15, 0.2) is 71.8 Å². The van der Waals surface area contributed by atoms with Crippen molar-refractivity contribution in [2.75, 3.05) is 0 Å². The maximum atomic E-state index is 12.3. The number of hydrogen-bond acceptors (Lipinski definition) is 4. The van der Waals surface area contributed by atoms with Gasteiger partial charge in [-0.1, -0.05) is 76.6 Å². The smallest absolute Gasteiger partial charge is 0.255 e. The number of hydrogen-bond donors (Lipinski definition) is 1. The Kier molecular flexibility index (Phi) is 10.6. The van der Waals surface area contributed by atoms with Gasteiger partial charge in [-0.25, -0.2) is 0 Å². The van der Waals surface area contributed by atoms with E-state index in [2.05, 4.69) is 63.0 Å². The van der Waals surface area contributed by atoms with Crippen molar-refractivity contribution in [3.05, 3.63) is 88.7 Å². The van der Waals surface area contributed by atoms with Crippen LogP contribution in [0, 0.1) is 5.92 Å². The summed E-state index contributed by atoms with van der Waals surface area (Å²) in [6, 6.07) is 11.4. The number of rotatable bonds is 14. The summed E-state index contributed by atoms with van der Waals surface area (Å²) in [4.78, 5) is 19.5. The minimum absolute atomic E-state index is 0.228. The molecule has 5 nitrogen and oxygen atoms in total. The Balaban J connectivity index is 2.05. The van der Waals surface area contributed by atoms with E-state index in [-0.39, 0.29) is 29.1 Å². The van der Waals surface area contributed by atoms with Crippen molar-refractivity contribution in [2.24, 2.45) is 5.92 Å². The average molecular weight is 479 g/mol. The molecule has 0 amide bonds. The topological polar surface area (TPSA) is 64.2 Å². The van der Waals surface area contributed by atoms with Crippen molar-refractivity contribution in [2.45, 2.75) is 85.2 Å². The summed E-state index contributed by atoms with van der Waals surface area (Å²) in [6.45, 7) is 20.7. The molecule has 0 aliphatic carbocycles. The van der Waals surface area contributed by atoms with Crippen LogP contribution in [0.1, 0.15) is 85.0 Å². The number of unbranched alkanes of at least 4 members (excludes halogenated alkanes) is 2. The molecule has 0 aliphatic heterocycles. The molecular formula is C30H42N2O3. The molecule has 0 saturated carbocycles. The number of nitrogens with one attached hydrogen (secondary N) is 1. The van der Waals surface area contributed by atoms with Gasteiger partial charge in [0.05, 0.1) is 6.07 Å². The SMILES string of the molecule is C=C(O/C(=C\C)C(C)(C)c1ccccc1)c1nc(O[C@@H](C)C(=C)CCCCCC(C)C)cc(=O)[nH]1. The lowest BCUT2D eigenvalue weighted by Crippen LogP contribution is -2.23. The van der Waals surface area contributed by atoms with E-state index in [9.17, 15) is 4.79 Å². The van der Waals surface area contributed by atoms with Gasteiger partial charge in [-0.15, -0.1) is 0 Å². The predicted molar refractivity (Wildman–Crippen MR) is 145 cm³/mol. The number of nitrogens with zero attached hydrogens (tertiary/aromatic N) is 1. The monoisotopic (exact) mass is 478 g/mol. The van der Waals surface area contributed by atoms with Crippen LogP contribution >= 0.6 is 0 Å². The third-order valence-electron chi connectivity index (χ3n) is 6.24.